The molecule has 2 aromatic heterocycles. The van der Waals surface area contributed by atoms with Crippen LogP contribution in [0.1, 0.15) is 34.6 Å². The Balaban J connectivity index is 1.71. The van der Waals surface area contributed by atoms with E-state index in [9.17, 15) is 14.4 Å². The minimum atomic E-state index is -0.474. The summed E-state index contributed by atoms with van der Waals surface area (Å²) >= 11 is 1.35. The molecule has 2 heterocycles. The highest BCUT2D eigenvalue weighted by molar-refractivity contribution is 7.17. The molecule has 0 saturated heterocycles. The van der Waals surface area contributed by atoms with Crippen molar-refractivity contribution in [3.63, 3.8) is 0 Å². The second-order valence-electron chi connectivity index (χ2n) is 7.70. The van der Waals surface area contributed by atoms with E-state index >= 15 is 0 Å². The molecule has 0 radical (unpaired) electrons. The average Bonchev–Trinajstić information content (AvgIpc) is 3.16. The Kier molecular flexibility index (Phi) is 6.88. The van der Waals surface area contributed by atoms with Crippen LogP contribution in [-0.2, 0) is 22.5 Å². The van der Waals surface area contributed by atoms with Gasteiger partial charge in [0.25, 0.3) is 5.56 Å². The number of aromatic nitrogens is 2. The van der Waals surface area contributed by atoms with Crippen molar-refractivity contribution in [1.29, 1.82) is 0 Å². The summed E-state index contributed by atoms with van der Waals surface area (Å²) in [6.07, 6.45) is 0.727. The van der Waals surface area contributed by atoms with Crippen LogP contribution >= 0.6 is 11.3 Å². The van der Waals surface area contributed by atoms with Crippen LogP contribution in [0.4, 0.5) is 5.00 Å². The molecule has 0 spiro atoms. The first-order valence-corrected chi connectivity index (χ1v) is 11.9. The molecule has 1 amide bonds. The molecule has 1 N–H and O–H groups in total. The lowest BCUT2D eigenvalue weighted by atomic mass is 10.1. The van der Waals surface area contributed by atoms with E-state index in [1.807, 2.05) is 56.3 Å². The van der Waals surface area contributed by atoms with Crippen LogP contribution in [0.5, 0.6) is 0 Å². The van der Waals surface area contributed by atoms with E-state index in [1.54, 1.807) is 19.1 Å². The van der Waals surface area contributed by atoms with E-state index in [-0.39, 0.29) is 18.7 Å². The molecule has 0 aliphatic carbocycles. The smallest absolute Gasteiger partial charge is 0.341 e. The first kappa shape index (κ1) is 23.4. The number of hydrogen-bond acceptors (Lipinski definition) is 6. The molecule has 0 fully saturated rings. The molecule has 8 heteroatoms. The number of aryl methyl sites for hydroxylation is 1. The molecular formula is C26H25N3O4S. The van der Waals surface area contributed by atoms with Crippen molar-refractivity contribution in [2.24, 2.45) is 0 Å². The summed E-state index contributed by atoms with van der Waals surface area (Å²) in [5, 5.41) is 8.97. The molecule has 0 atom stereocenters. The van der Waals surface area contributed by atoms with E-state index in [0.29, 0.717) is 21.6 Å². The maximum Gasteiger partial charge on any atom is 0.341 e. The predicted octanol–water partition coefficient (Wildman–Crippen LogP) is 4.81. The van der Waals surface area contributed by atoms with Crippen LogP contribution in [-0.4, -0.2) is 28.3 Å². The van der Waals surface area contributed by atoms with Gasteiger partial charge in [0, 0.05) is 15.8 Å². The zero-order chi connectivity index (χ0) is 24.2. The number of rotatable bonds is 7. The highest BCUT2D eigenvalue weighted by Crippen LogP contribution is 2.34. The second-order valence-corrected chi connectivity index (χ2v) is 8.80. The van der Waals surface area contributed by atoms with Gasteiger partial charge in [0.05, 0.1) is 23.3 Å². The molecule has 4 aromatic rings. The van der Waals surface area contributed by atoms with Crippen LogP contribution in [0.25, 0.3) is 22.0 Å². The summed E-state index contributed by atoms with van der Waals surface area (Å²) in [6.45, 7) is 5.52. The number of amides is 1. The van der Waals surface area contributed by atoms with Gasteiger partial charge in [-0.3, -0.25) is 9.59 Å². The zero-order valence-corrected chi connectivity index (χ0v) is 20.1. The SMILES string of the molecule is CCOC(=O)c1c(NC(=O)Cn2nc(-c3ccccc3)c3ccccc3c2=O)sc(CC)c1C. The van der Waals surface area contributed by atoms with Crippen molar-refractivity contribution < 1.29 is 14.3 Å². The molecule has 2 aromatic carbocycles. The molecular weight excluding hydrogens is 450 g/mol. The Morgan fingerprint density at radius 3 is 2.38 bits per heavy atom. The van der Waals surface area contributed by atoms with Gasteiger partial charge in [0.1, 0.15) is 11.5 Å². The van der Waals surface area contributed by atoms with Gasteiger partial charge in [-0.15, -0.1) is 11.3 Å². The monoisotopic (exact) mass is 475 g/mol. The van der Waals surface area contributed by atoms with Crippen LogP contribution < -0.4 is 10.9 Å². The summed E-state index contributed by atoms with van der Waals surface area (Å²) in [5.41, 5.74) is 2.28. The maximum absolute atomic E-state index is 13.1. The second kappa shape index (κ2) is 10.0. The molecule has 4 rings (SSSR count). The fraction of sp³-hybridized carbons (Fsp3) is 0.231. The van der Waals surface area contributed by atoms with Crippen molar-refractivity contribution >= 4 is 39.0 Å². The minimum absolute atomic E-state index is 0.238. The van der Waals surface area contributed by atoms with Crippen LogP contribution in [0.15, 0.2) is 59.4 Å². The number of esters is 1. The van der Waals surface area contributed by atoms with Crippen molar-refractivity contribution in [3.8, 4) is 11.3 Å². The molecule has 174 valence electrons. The summed E-state index contributed by atoms with van der Waals surface area (Å²) in [4.78, 5) is 39.6. The van der Waals surface area contributed by atoms with E-state index in [4.69, 9.17) is 4.74 Å². The third-order valence-electron chi connectivity index (χ3n) is 5.51. The lowest BCUT2D eigenvalue weighted by molar-refractivity contribution is -0.116. The van der Waals surface area contributed by atoms with Gasteiger partial charge in [0.15, 0.2) is 0 Å². The molecule has 34 heavy (non-hydrogen) atoms. The Bertz CT molecular complexity index is 1420. The van der Waals surface area contributed by atoms with E-state index in [2.05, 4.69) is 10.4 Å². The number of fused-ring (bicyclic) bond motifs is 1. The van der Waals surface area contributed by atoms with Gasteiger partial charge in [-0.1, -0.05) is 55.5 Å². The van der Waals surface area contributed by atoms with Gasteiger partial charge in [-0.05, 0) is 31.9 Å². The Hall–Kier alpha value is -3.78. The first-order valence-electron chi connectivity index (χ1n) is 11.1. The summed E-state index contributed by atoms with van der Waals surface area (Å²) in [7, 11) is 0. The Morgan fingerprint density at radius 2 is 1.71 bits per heavy atom. The Labute approximate surface area is 201 Å². The van der Waals surface area contributed by atoms with Gasteiger partial charge in [0.2, 0.25) is 5.91 Å². The topological polar surface area (TPSA) is 90.3 Å². The predicted molar refractivity (Wildman–Crippen MR) is 134 cm³/mol. The van der Waals surface area contributed by atoms with Crippen molar-refractivity contribution in [2.45, 2.75) is 33.7 Å². The molecule has 0 bridgehead atoms. The number of hydrogen-bond donors (Lipinski definition) is 1. The maximum atomic E-state index is 13.1. The third kappa shape index (κ3) is 4.49. The number of ether oxygens (including phenoxy) is 1. The molecule has 7 nitrogen and oxygen atoms in total. The zero-order valence-electron chi connectivity index (χ0n) is 19.3. The largest absolute Gasteiger partial charge is 0.462 e. The number of carbonyl (C=O) groups excluding carboxylic acids is 2. The van der Waals surface area contributed by atoms with Gasteiger partial charge in [-0.2, -0.15) is 5.10 Å². The molecule has 0 aliphatic heterocycles. The molecule has 0 unspecified atom stereocenters. The van der Waals surface area contributed by atoms with Crippen molar-refractivity contribution in [3.05, 3.63) is 81.0 Å². The number of nitrogens with one attached hydrogen (secondary N) is 1. The highest BCUT2D eigenvalue weighted by Gasteiger charge is 2.23. The van der Waals surface area contributed by atoms with Gasteiger partial charge < -0.3 is 10.1 Å². The highest BCUT2D eigenvalue weighted by atomic mass is 32.1. The molecule has 0 saturated carbocycles. The van der Waals surface area contributed by atoms with Crippen molar-refractivity contribution in [2.75, 3.05) is 11.9 Å². The van der Waals surface area contributed by atoms with E-state index in [0.717, 1.165) is 27.8 Å². The van der Waals surface area contributed by atoms with Gasteiger partial charge >= 0.3 is 5.97 Å². The van der Waals surface area contributed by atoms with Crippen LogP contribution in [0, 0.1) is 6.92 Å². The standard InChI is InChI=1S/C26H25N3O4S/c1-4-20-16(3)22(26(32)33-5-2)24(34-20)27-21(30)15-29-25(31)19-14-10-9-13-18(19)23(28-29)17-11-7-6-8-12-17/h6-14H,4-5,15H2,1-3H3,(H,27,30). The average molecular weight is 476 g/mol. The first-order chi connectivity index (χ1) is 16.4. The number of benzene rings is 2. The third-order valence-corrected chi connectivity index (χ3v) is 6.86. The van der Waals surface area contributed by atoms with Crippen LogP contribution in [0.2, 0.25) is 0 Å². The van der Waals surface area contributed by atoms with Crippen LogP contribution in [0.3, 0.4) is 0 Å². The minimum Gasteiger partial charge on any atom is -0.462 e. The fourth-order valence-corrected chi connectivity index (χ4v) is 5.04. The normalized spacial score (nSPS) is 10.9. The van der Waals surface area contributed by atoms with Gasteiger partial charge in [-0.25, -0.2) is 9.48 Å². The summed E-state index contributed by atoms with van der Waals surface area (Å²) < 4.78 is 6.36. The lowest BCUT2D eigenvalue weighted by Crippen LogP contribution is -2.30. The number of anilines is 1. The van der Waals surface area contributed by atoms with E-state index in [1.165, 1.54) is 16.0 Å². The number of thiophene rings is 1. The number of nitrogens with zero attached hydrogens (tertiary/aromatic N) is 2. The summed E-state index contributed by atoms with van der Waals surface area (Å²) in [6, 6.07) is 16.8. The quantitative estimate of drug-likeness (QED) is 0.387. The molecule has 0 aliphatic rings. The fourth-order valence-electron chi connectivity index (χ4n) is 3.89. The van der Waals surface area contributed by atoms with E-state index < -0.39 is 11.9 Å². The van der Waals surface area contributed by atoms with Crippen molar-refractivity contribution in [1.82, 2.24) is 9.78 Å². The number of carbonyl (C=O) groups is 2. The summed E-state index contributed by atoms with van der Waals surface area (Å²) in [5.74, 6) is -0.919. The Morgan fingerprint density at radius 1 is 1.03 bits per heavy atom. The lowest BCUT2D eigenvalue weighted by Gasteiger charge is -2.12.